The smallest absolute Gasteiger partial charge is 0.142 e. The molecule has 0 radical (unpaired) electrons. The Kier molecular flexibility index (Phi) is 5.92. The summed E-state index contributed by atoms with van der Waals surface area (Å²) in [6, 6.07) is 10.2. The average Bonchev–Trinajstić information content (AvgIpc) is 3.18. The van der Waals surface area contributed by atoms with Gasteiger partial charge in [0.05, 0.1) is 11.1 Å². The summed E-state index contributed by atoms with van der Waals surface area (Å²) in [4.78, 5) is 14.2. The van der Waals surface area contributed by atoms with Crippen LogP contribution in [0, 0.1) is 10.7 Å². The minimum Gasteiger partial charge on any atom is -0.356 e. The monoisotopic (exact) mass is 475 g/mol. The van der Waals surface area contributed by atoms with Crippen LogP contribution < -0.4 is 4.90 Å². The number of nitrogens with one attached hydrogen (secondary N) is 2. The topological polar surface area (TPSA) is 85.7 Å². The Balaban J connectivity index is 1.35. The Labute approximate surface area is 180 Å². The molecule has 0 spiro atoms. The molecule has 1 aromatic carbocycles. The quantitative estimate of drug-likeness (QED) is 0.527. The lowest BCUT2D eigenvalue weighted by molar-refractivity contribution is 0.342. The van der Waals surface area contributed by atoms with E-state index < -0.39 is 9.73 Å². The molecule has 8 heteroatoms. The van der Waals surface area contributed by atoms with Crippen molar-refractivity contribution in [3.8, 4) is 0 Å². The molecule has 1 atom stereocenters. The summed E-state index contributed by atoms with van der Waals surface area (Å²) in [5.74, 6) is 2.15. The van der Waals surface area contributed by atoms with Crippen molar-refractivity contribution >= 4 is 42.5 Å². The minimum absolute atomic E-state index is 0.340. The highest BCUT2D eigenvalue weighted by atomic mass is 79.9. The highest BCUT2D eigenvalue weighted by molar-refractivity contribution is 9.10. The van der Waals surface area contributed by atoms with Gasteiger partial charge >= 0.3 is 0 Å². The van der Waals surface area contributed by atoms with Crippen LogP contribution in [-0.4, -0.2) is 38.0 Å². The lowest BCUT2D eigenvalue weighted by Gasteiger charge is -2.35. The number of nitrogens with zero attached hydrogens (tertiary/aromatic N) is 3. The second-order valence-corrected chi connectivity index (χ2v) is 11.1. The van der Waals surface area contributed by atoms with Crippen molar-refractivity contribution in [2.45, 2.75) is 37.5 Å². The van der Waals surface area contributed by atoms with Gasteiger partial charge in [-0.15, -0.1) is 0 Å². The van der Waals surface area contributed by atoms with Crippen LogP contribution in [0.1, 0.15) is 31.2 Å². The van der Waals surface area contributed by atoms with Gasteiger partial charge in [0.2, 0.25) is 0 Å². The van der Waals surface area contributed by atoms with Crippen LogP contribution >= 0.6 is 15.9 Å². The fourth-order valence-corrected chi connectivity index (χ4v) is 6.51. The third-order valence-corrected chi connectivity index (χ3v) is 8.19. The summed E-state index contributed by atoms with van der Waals surface area (Å²) < 4.78 is 22.3. The average molecular weight is 476 g/mol. The van der Waals surface area contributed by atoms with E-state index in [2.05, 4.69) is 42.8 Å². The number of aromatic amines is 1. The molecule has 0 bridgehead atoms. The molecule has 3 aromatic rings. The second-order valence-electron chi connectivity index (χ2n) is 7.97. The van der Waals surface area contributed by atoms with E-state index in [0.717, 1.165) is 52.6 Å². The summed E-state index contributed by atoms with van der Waals surface area (Å²) in [7, 11) is -0.514. The third-order valence-electron chi connectivity index (χ3n) is 5.85. The standard InChI is InChI=1S/C21H26BrN5OS/c1-27(21-19-10-11-24-20(19)25-14-26-21)18-8-4-16(5-9-18)13-29(23,28)12-15-2-6-17(22)7-3-15/h2-3,6-7,10-11,14,16,18,23H,4-5,8-9,12-13H2,1H3,(H,24,25,26)/t16-,18+,29-/m0/s1. The van der Waals surface area contributed by atoms with Crippen LogP contribution in [0.25, 0.3) is 11.0 Å². The maximum absolute atomic E-state index is 12.9. The van der Waals surface area contributed by atoms with Crippen LogP contribution in [0.15, 0.2) is 47.3 Å². The van der Waals surface area contributed by atoms with Crippen LogP contribution in [0.3, 0.4) is 0 Å². The number of aromatic nitrogens is 3. The summed E-state index contributed by atoms with van der Waals surface area (Å²) in [6.07, 6.45) is 7.58. The first-order valence-corrected chi connectivity index (χ1v) is 12.6. The van der Waals surface area contributed by atoms with Crippen molar-refractivity contribution in [3.63, 3.8) is 0 Å². The summed E-state index contributed by atoms with van der Waals surface area (Å²) >= 11 is 3.42. The number of anilines is 1. The first-order valence-electron chi connectivity index (χ1n) is 9.91. The minimum atomic E-state index is -2.61. The number of fused-ring (bicyclic) bond motifs is 1. The first-order chi connectivity index (χ1) is 13.9. The van der Waals surface area contributed by atoms with Crippen LogP contribution in [-0.2, 0) is 15.5 Å². The van der Waals surface area contributed by atoms with Crippen molar-refractivity contribution in [3.05, 3.63) is 52.9 Å². The van der Waals surface area contributed by atoms with E-state index in [-0.39, 0.29) is 0 Å². The van der Waals surface area contributed by atoms with Crippen molar-refractivity contribution in [1.82, 2.24) is 15.0 Å². The van der Waals surface area contributed by atoms with E-state index in [1.807, 2.05) is 36.5 Å². The van der Waals surface area contributed by atoms with Crippen molar-refractivity contribution < 1.29 is 4.21 Å². The molecule has 0 saturated heterocycles. The Morgan fingerprint density at radius 3 is 2.62 bits per heavy atom. The Hall–Kier alpha value is -1.93. The third kappa shape index (κ3) is 4.80. The molecule has 6 nitrogen and oxygen atoms in total. The molecular formula is C21H26BrN5OS. The predicted molar refractivity (Wildman–Crippen MR) is 122 cm³/mol. The van der Waals surface area contributed by atoms with Crippen molar-refractivity contribution in [2.24, 2.45) is 5.92 Å². The Morgan fingerprint density at radius 2 is 1.90 bits per heavy atom. The fourth-order valence-electron chi connectivity index (χ4n) is 4.30. The van der Waals surface area contributed by atoms with Gasteiger partial charge in [0.15, 0.2) is 0 Å². The number of hydrogen-bond donors (Lipinski definition) is 2. The summed E-state index contributed by atoms with van der Waals surface area (Å²) in [5.41, 5.74) is 1.83. The molecular weight excluding hydrogens is 450 g/mol. The molecule has 0 amide bonds. The molecule has 1 fully saturated rings. The number of rotatable bonds is 6. The van der Waals surface area contributed by atoms with Crippen molar-refractivity contribution in [1.29, 1.82) is 4.78 Å². The van der Waals surface area contributed by atoms with Crippen LogP contribution in [0.2, 0.25) is 0 Å². The molecule has 154 valence electrons. The maximum atomic E-state index is 12.9. The van der Waals surface area contributed by atoms with Gasteiger partial charge in [0, 0.05) is 39.2 Å². The van der Waals surface area contributed by atoms with E-state index in [9.17, 15) is 4.21 Å². The predicted octanol–water partition coefficient (Wildman–Crippen LogP) is 4.96. The SMILES string of the molecule is CN(c1ncnc2[nH]ccc12)[C@H]1CC[C@@H](C[S@@](=N)(=O)Cc2ccc(Br)cc2)CC1. The molecule has 2 aromatic heterocycles. The zero-order valence-electron chi connectivity index (χ0n) is 16.5. The van der Waals surface area contributed by atoms with Crippen LogP contribution in [0.5, 0.6) is 0 Å². The lowest BCUT2D eigenvalue weighted by Crippen LogP contribution is -2.37. The zero-order valence-corrected chi connectivity index (χ0v) is 18.9. The Morgan fingerprint density at radius 1 is 1.17 bits per heavy atom. The normalized spacial score (nSPS) is 21.7. The van der Waals surface area contributed by atoms with Gasteiger partial charge in [-0.2, -0.15) is 0 Å². The molecule has 2 N–H and O–H groups in total. The highest BCUT2D eigenvalue weighted by Gasteiger charge is 2.27. The van der Waals surface area contributed by atoms with E-state index in [1.54, 1.807) is 6.33 Å². The van der Waals surface area contributed by atoms with E-state index in [1.165, 1.54) is 0 Å². The lowest BCUT2D eigenvalue weighted by atomic mass is 9.86. The second kappa shape index (κ2) is 8.44. The van der Waals surface area contributed by atoms with E-state index >= 15 is 0 Å². The van der Waals surface area contributed by atoms with E-state index in [0.29, 0.717) is 23.5 Å². The molecule has 1 aliphatic carbocycles. The van der Waals surface area contributed by atoms with E-state index in [4.69, 9.17) is 4.78 Å². The fraction of sp³-hybridized carbons (Fsp3) is 0.429. The number of halogens is 1. The van der Waals surface area contributed by atoms with Gasteiger partial charge in [-0.3, -0.25) is 4.78 Å². The Bertz CT molecular complexity index is 1070. The molecule has 1 saturated carbocycles. The van der Waals surface area contributed by atoms with Gasteiger partial charge in [-0.05, 0) is 55.4 Å². The summed E-state index contributed by atoms with van der Waals surface area (Å²) in [5, 5.41) is 1.04. The number of H-pyrrole nitrogens is 1. The largest absolute Gasteiger partial charge is 0.356 e. The summed E-state index contributed by atoms with van der Waals surface area (Å²) in [6.45, 7) is 0. The molecule has 2 heterocycles. The number of benzene rings is 1. The zero-order chi connectivity index (χ0) is 20.4. The van der Waals surface area contributed by atoms with Crippen molar-refractivity contribution in [2.75, 3.05) is 17.7 Å². The maximum Gasteiger partial charge on any atom is 0.142 e. The van der Waals surface area contributed by atoms with Gasteiger partial charge < -0.3 is 9.88 Å². The molecule has 4 rings (SSSR count). The molecule has 0 unspecified atom stereocenters. The molecule has 0 aliphatic heterocycles. The van der Waals surface area contributed by atoms with Gasteiger partial charge in [0.1, 0.15) is 17.8 Å². The molecule has 1 aliphatic rings. The number of hydrogen-bond acceptors (Lipinski definition) is 5. The van der Waals surface area contributed by atoms with Gasteiger partial charge in [0.25, 0.3) is 0 Å². The van der Waals surface area contributed by atoms with Gasteiger partial charge in [-0.1, -0.05) is 28.1 Å². The van der Waals surface area contributed by atoms with Crippen LogP contribution in [0.4, 0.5) is 5.82 Å². The first kappa shape index (κ1) is 20.3. The molecule has 29 heavy (non-hydrogen) atoms. The highest BCUT2D eigenvalue weighted by Crippen LogP contribution is 2.32. The van der Waals surface area contributed by atoms with Gasteiger partial charge in [-0.25, -0.2) is 14.2 Å².